The zero-order valence-electron chi connectivity index (χ0n) is 10.8. The Hall–Kier alpha value is -1.71. The summed E-state index contributed by atoms with van der Waals surface area (Å²) in [5, 5.41) is 10.3. The largest absolute Gasteiger partial charge is 0.497 e. The number of thioether (sulfide) groups is 1. The van der Waals surface area contributed by atoms with Gasteiger partial charge in [0.05, 0.1) is 24.1 Å². The van der Waals surface area contributed by atoms with Gasteiger partial charge >= 0.3 is 4.87 Å². The van der Waals surface area contributed by atoms with Gasteiger partial charge in [0.25, 0.3) is 0 Å². The van der Waals surface area contributed by atoms with E-state index in [4.69, 9.17) is 4.74 Å². The molecule has 0 bridgehead atoms. The van der Waals surface area contributed by atoms with Crippen LogP contribution >= 0.6 is 23.1 Å². The van der Waals surface area contributed by atoms with Gasteiger partial charge in [0.15, 0.2) is 0 Å². The molecule has 2 heterocycles. The molecule has 6 heteroatoms. The third-order valence-electron chi connectivity index (χ3n) is 3.37. The smallest absolute Gasteiger partial charge is 0.305 e. The van der Waals surface area contributed by atoms with Crippen LogP contribution < -0.4 is 9.61 Å². The minimum absolute atomic E-state index is 0.0360. The van der Waals surface area contributed by atoms with Crippen LogP contribution in [-0.2, 0) is 0 Å². The summed E-state index contributed by atoms with van der Waals surface area (Å²) in [5.74, 6) is 1.33. The van der Waals surface area contributed by atoms with Gasteiger partial charge in [-0.25, -0.2) is 0 Å². The Morgan fingerprint density at radius 3 is 2.80 bits per heavy atom. The van der Waals surface area contributed by atoms with Crippen molar-refractivity contribution in [2.75, 3.05) is 12.9 Å². The lowest BCUT2D eigenvalue weighted by atomic mass is 9.86. The van der Waals surface area contributed by atoms with E-state index >= 15 is 0 Å². The lowest BCUT2D eigenvalue weighted by Gasteiger charge is -2.26. The number of rotatable bonds is 2. The topological polar surface area (TPSA) is 65.9 Å². The lowest BCUT2D eigenvalue weighted by molar-refractivity contribution is 0.414. The van der Waals surface area contributed by atoms with E-state index in [2.05, 4.69) is 11.1 Å². The second kappa shape index (κ2) is 5.35. The number of nitriles is 1. The number of thiazole rings is 1. The van der Waals surface area contributed by atoms with Crippen molar-refractivity contribution < 1.29 is 4.74 Å². The van der Waals surface area contributed by atoms with Crippen LogP contribution in [0.4, 0.5) is 0 Å². The Kier molecular flexibility index (Phi) is 3.55. The zero-order chi connectivity index (χ0) is 14.1. The normalized spacial score (nSPS) is 21.0. The standard InChI is InChI=1S/C14H12N2O2S2/c1-18-10-4-2-8(3-5-10)11-9(6-15)7-19-13-12(11)20-14(17)16-13/h2-5,9,11H,7H2,1H3,(H,16,17)/t9-,11-/m0/s1. The van der Waals surface area contributed by atoms with Gasteiger partial charge in [0.1, 0.15) is 5.75 Å². The summed E-state index contributed by atoms with van der Waals surface area (Å²) in [5.41, 5.74) is 1.05. The maximum atomic E-state index is 11.6. The summed E-state index contributed by atoms with van der Waals surface area (Å²) >= 11 is 2.76. The van der Waals surface area contributed by atoms with Crippen molar-refractivity contribution in [3.05, 3.63) is 44.4 Å². The minimum atomic E-state index is -0.118. The molecule has 3 rings (SSSR count). The summed E-state index contributed by atoms with van der Waals surface area (Å²) in [6, 6.07) is 10.1. The molecule has 1 N–H and O–H groups in total. The van der Waals surface area contributed by atoms with Gasteiger partial charge in [-0.3, -0.25) is 4.79 Å². The molecule has 1 aliphatic heterocycles. The van der Waals surface area contributed by atoms with E-state index in [0.717, 1.165) is 21.2 Å². The van der Waals surface area contributed by atoms with Gasteiger partial charge in [-0.2, -0.15) is 5.26 Å². The van der Waals surface area contributed by atoms with Crippen LogP contribution in [-0.4, -0.2) is 17.8 Å². The van der Waals surface area contributed by atoms with Gasteiger partial charge in [-0.05, 0) is 17.7 Å². The maximum Gasteiger partial charge on any atom is 0.305 e. The van der Waals surface area contributed by atoms with Crippen molar-refractivity contribution in [1.29, 1.82) is 5.26 Å². The number of fused-ring (bicyclic) bond motifs is 1. The highest BCUT2D eigenvalue weighted by Crippen LogP contribution is 2.44. The maximum absolute atomic E-state index is 11.6. The van der Waals surface area contributed by atoms with Crippen LogP contribution in [0.15, 0.2) is 34.1 Å². The van der Waals surface area contributed by atoms with Gasteiger partial charge in [0.2, 0.25) is 0 Å². The number of ether oxygens (including phenoxy) is 1. The van der Waals surface area contributed by atoms with Crippen LogP contribution in [0.1, 0.15) is 16.4 Å². The molecule has 0 radical (unpaired) electrons. The molecule has 1 aromatic carbocycles. The molecule has 2 aromatic rings. The van der Waals surface area contributed by atoms with Crippen molar-refractivity contribution in [2.24, 2.45) is 5.92 Å². The van der Waals surface area contributed by atoms with E-state index < -0.39 is 0 Å². The van der Waals surface area contributed by atoms with Gasteiger partial charge in [-0.1, -0.05) is 23.5 Å². The SMILES string of the molecule is COc1ccc([C@@H]2c3sc(=O)[nH]c3SC[C@@H]2C#N)cc1. The number of aromatic amines is 1. The Labute approximate surface area is 124 Å². The third kappa shape index (κ3) is 2.23. The third-order valence-corrected chi connectivity index (χ3v) is 5.61. The molecular weight excluding hydrogens is 292 g/mol. The Morgan fingerprint density at radius 1 is 1.40 bits per heavy atom. The Balaban J connectivity index is 2.08. The first-order valence-corrected chi connectivity index (χ1v) is 7.92. The minimum Gasteiger partial charge on any atom is -0.497 e. The summed E-state index contributed by atoms with van der Waals surface area (Å²) in [6.45, 7) is 0. The summed E-state index contributed by atoms with van der Waals surface area (Å²) in [7, 11) is 1.63. The average Bonchev–Trinajstić information content (AvgIpc) is 2.86. The molecule has 0 saturated heterocycles. The summed E-state index contributed by atoms with van der Waals surface area (Å²) in [6.07, 6.45) is 0. The zero-order valence-corrected chi connectivity index (χ0v) is 12.4. The molecule has 0 amide bonds. The highest BCUT2D eigenvalue weighted by molar-refractivity contribution is 7.99. The molecule has 0 unspecified atom stereocenters. The molecular formula is C14H12N2O2S2. The fraction of sp³-hybridized carbons (Fsp3) is 0.286. The molecule has 102 valence electrons. The molecule has 2 atom stereocenters. The van der Waals surface area contributed by atoms with Crippen molar-refractivity contribution in [1.82, 2.24) is 4.98 Å². The second-order valence-corrected chi connectivity index (χ2v) is 6.55. The van der Waals surface area contributed by atoms with E-state index in [1.165, 1.54) is 11.3 Å². The highest BCUT2D eigenvalue weighted by Gasteiger charge is 2.33. The summed E-state index contributed by atoms with van der Waals surface area (Å²) < 4.78 is 5.16. The van der Waals surface area contributed by atoms with E-state index in [1.807, 2.05) is 24.3 Å². The molecule has 0 saturated carbocycles. The van der Waals surface area contributed by atoms with Crippen molar-refractivity contribution in [3.8, 4) is 11.8 Å². The van der Waals surface area contributed by atoms with Crippen molar-refractivity contribution in [3.63, 3.8) is 0 Å². The van der Waals surface area contributed by atoms with Crippen LogP contribution in [0.5, 0.6) is 5.75 Å². The number of aromatic nitrogens is 1. The molecule has 0 fully saturated rings. The predicted molar refractivity (Wildman–Crippen MR) is 79.6 cm³/mol. The van der Waals surface area contributed by atoms with Crippen LogP contribution in [0.3, 0.4) is 0 Å². The predicted octanol–water partition coefficient (Wildman–Crippen LogP) is 2.82. The highest BCUT2D eigenvalue weighted by atomic mass is 32.2. The van der Waals surface area contributed by atoms with E-state index in [9.17, 15) is 10.1 Å². The number of nitrogens with zero attached hydrogens (tertiary/aromatic N) is 1. The Morgan fingerprint density at radius 2 is 2.15 bits per heavy atom. The first kappa shape index (κ1) is 13.3. The first-order chi connectivity index (χ1) is 9.72. The van der Waals surface area contributed by atoms with Crippen LogP contribution in [0.25, 0.3) is 0 Å². The molecule has 20 heavy (non-hydrogen) atoms. The number of hydrogen-bond acceptors (Lipinski definition) is 5. The number of methoxy groups -OCH3 is 1. The Bertz CT molecular complexity index is 712. The van der Waals surface area contributed by atoms with Crippen molar-refractivity contribution in [2.45, 2.75) is 10.9 Å². The molecule has 0 spiro atoms. The second-order valence-electron chi connectivity index (χ2n) is 4.51. The lowest BCUT2D eigenvalue weighted by Crippen LogP contribution is -2.18. The molecule has 1 aliphatic rings. The fourth-order valence-electron chi connectivity index (χ4n) is 2.40. The van der Waals surface area contributed by atoms with Crippen LogP contribution in [0.2, 0.25) is 0 Å². The van der Waals surface area contributed by atoms with Gasteiger partial charge < -0.3 is 9.72 Å². The number of H-pyrrole nitrogens is 1. The summed E-state index contributed by atoms with van der Waals surface area (Å²) in [4.78, 5) is 15.4. The average molecular weight is 304 g/mol. The number of hydrogen-bond donors (Lipinski definition) is 1. The van der Waals surface area contributed by atoms with E-state index in [0.29, 0.717) is 5.75 Å². The van der Waals surface area contributed by atoms with Crippen molar-refractivity contribution >= 4 is 23.1 Å². The molecule has 0 aliphatic carbocycles. The number of benzene rings is 1. The molecule has 4 nitrogen and oxygen atoms in total. The monoisotopic (exact) mass is 304 g/mol. The van der Waals surface area contributed by atoms with Crippen LogP contribution in [0, 0.1) is 17.2 Å². The number of nitrogens with one attached hydrogen (secondary N) is 1. The van der Waals surface area contributed by atoms with E-state index in [1.54, 1.807) is 18.9 Å². The van der Waals surface area contributed by atoms with Gasteiger partial charge in [-0.15, -0.1) is 11.8 Å². The fourth-order valence-corrected chi connectivity index (χ4v) is 4.73. The van der Waals surface area contributed by atoms with E-state index in [-0.39, 0.29) is 16.7 Å². The molecule has 1 aromatic heterocycles. The first-order valence-electron chi connectivity index (χ1n) is 6.12. The van der Waals surface area contributed by atoms with Gasteiger partial charge in [0, 0.05) is 16.5 Å². The quantitative estimate of drug-likeness (QED) is 0.926.